The molecule has 24 heavy (non-hydrogen) atoms. The van der Waals surface area contributed by atoms with Crippen molar-refractivity contribution in [2.75, 3.05) is 23.7 Å². The zero-order valence-corrected chi connectivity index (χ0v) is 14.2. The van der Waals surface area contributed by atoms with Gasteiger partial charge in [-0.2, -0.15) is 0 Å². The lowest BCUT2D eigenvalue weighted by Crippen LogP contribution is -2.37. The Kier molecular flexibility index (Phi) is 6.96. The second-order valence-electron chi connectivity index (χ2n) is 5.66. The molecule has 1 fully saturated rings. The topological polar surface area (TPSA) is 78.9 Å². The number of piperidine rings is 1. The van der Waals surface area contributed by atoms with Crippen molar-refractivity contribution in [1.29, 1.82) is 0 Å². The van der Waals surface area contributed by atoms with E-state index in [4.69, 9.17) is 0 Å². The molecular weight excluding hydrogens is 326 g/mol. The van der Waals surface area contributed by atoms with Gasteiger partial charge in [0, 0.05) is 19.2 Å². The Morgan fingerprint density at radius 2 is 2.00 bits per heavy atom. The van der Waals surface area contributed by atoms with E-state index in [0.717, 1.165) is 25.9 Å². The first-order valence-corrected chi connectivity index (χ1v) is 7.93. The van der Waals surface area contributed by atoms with Crippen LogP contribution in [0.4, 0.5) is 11.6 Å². The number of carbonyl (C=O) groups excluding carboxylic acids is 1. The first-order valence-electron chi connectivity index (χ1n) is 7.93. The van der Waals surface area contributed by atoms with E-state index in [1.54, 1.807) is 6.07 Å². The number of amides is 1. The van der Waals surface area contributed by atoms with Gasteiger partial charge in [-0.1, -0.05) is 30.3 Å². The van der Waals surface area contributed by atoms with Gasteiger partial charge in [0.05, 0.1) is 5.92 Å². The highest BCUT2D eigenvalue weighted by Crippen LogP contribution is 2.15. The number of benzene rings is 1. The zero-order valence-electron chi connectivity index (χ0n) is 13.4. The molecule has 1 aliphatic rings. The molecule has 7 heteroatoms. The molecule has 0 spiro atoms. The molecule has 0 aliphatic carbocycles. The van der Waals surface area contributed by atoms with Gasteiger partial charge >= 0.3 is 0 Å². The molecule has 2 heterocycles. The number of nitrogens with zero attached hydrogens (tertiary/aromatic N) is 2. The van der Waals surface area contributed by atoms with E-state index in [-0.39, 0.29) is 24.2 Å². The second-order valence-corrected chi connectivity index (χ2v) is 5.66. The summed E-state index contributed by atoms with van der Waals surface area (Å²) in [6, 6.07) is 11.8. The van der Waals surface area contributed by atoms with Crippen molar-refractivity contribution in [3.05, 3.63) is 48.3 Å². The standard InChI is InChI=1S/C17H21N5O.ClH/c23-17(14-7-4-8-18-11-14)22-16-9-15(20-12-21-16)19-10-13-5-2-1-3-6-13;/h1-3,5-6,9,12,14,18H,4,7-8,10-11H2,(H2,19,20,21,22,23);1H. The van der Waals surface area contributed by atoms with Gasteiger partial charge in [0.25, 0.3) is 0 Å². The van der Waals surface area contributed by atoms with Crippen LogP contribution in [-0.2, 0) is 11.3 Å². The number of nitrogens with one attached hydrogen (secondary N) is 3. The summed E-state index contributed by atoms with van der Waals surface area (Å²) in [7, 11) is 0. The SMILES string of the molecule is Cl.O=C(Nc1cc(NCc2ccccc2)ncn1)C1CCCNC1. The van der Waals surface area contributed by atoms with Crippen molar-refractivity contribution >= 4 is 29.9 Å². The maximum Gasteiger partial charge on any atom is 0.229 e. The van der Waals surface area contributed by atoms with Crippen LogP contribution >= 0.6 is 12.4 Å². The predicted octanol–water partition coefficient (Wildman–Crippen LogP) is 2.45. The van der Waals surface area contributed by atoms with Crippen molar-refractivity contribution < 1.29 is 4.79 Å². The second kappa shape index (κ2) is 9.20. The lowest BCUT2D eigenvalue weighted by Gasteiger charge is -2.21. The molecule has 1 unspecified atom stereocenters. The molecule has 1 saturated heterocycles. The number of aromatic nitrogens is 2. The normalized spacial score (nSPS) is 16.8. The smallest absolute Gasteiger partial charge is 0.229 e. The third-order valence-electron chi connectivity index (χ3n) is 3.90. The molecule has 3 N–H and O–H groups in total. The molecule has 0 radical (unpaired) electrons. The molecule has 1 aromatic carbocycles. The quantitative estimate of drug-likeness (QED) is 0.774. The largest absolute Gasteiger partial charge is 0.366 e. The van der Waals surface area contributed by atoms with E-state index in [1.165, 1.54) is 11.9 Å². The summed E-state index contributed by atoms with van der Waals surface area (Å²) in [4.78, 5) is 20.5. The Labute approximate surface area is 147 Å². The van der Waals surface area contributed by atoms with Gasteiger partial charge in [-0.3, -0.25) is 4.79 Å². The number of carbonyl (C=O) groups is 1. The minimum Gasteiger partial charge on any atom is -0.366 e. The third kappa shape index (κ3) is 5.18. The number of rotatable bonds is 5. The predicted molar refractivity (Wildman–Crippen MR) is 97.3 cm³/mol. The van der Waals surface area contributed by atoms with Crippen molar-refractivity contribution in [2.45, 2.75) is 19.4 Å². The number of hydrogen-bond acceptors (Lipinski definition) is 5. The fraction of sp³-hybridized carbons (Fsp3) is 0.353. The molecule has 1 atom stereocenters. The first kappa shape index (κ1) is 18.2. The summed E-state index contributed by atoms with van der Waals surface area (Å²) in [5, 5.41) is 9.36. The summed E-state index contributed by atoms with van der Waals surface area (Å²) >= 11 is 0. The fourth-order valence-electron chi connectivity index (χ4n) is 2.61. The minimum atomic E-state index is 0. The Balaban J connectivity index is 0.00000208. The highest BCUT2D eigenvalue weighted by molar-refractivity contribution is 5.92. The molecule has 1 aromatic heterocycles. The van der Waals surface area contributed by atoms with Gasteiger partial charge in [0.15, 0.2) is 0 Å². The Bertz CT molecular complexity index is 646. The van der Waals surface area contributed by atoms with E-state index in [0.29, 0.717) is 18.2 Å². The maximum absolute atomic E-state index is 12.2. The maximum atomic E-state index is 12.2. The summed E-state index contributed by atoms with van der Waals surface area (Å²) in [5.74, 6) is 1.26. The summed E-state index contributed by atoms with van der Waals surface area (Å²) in [6.07, 6.45) is 3.41. The molecule has 128 valence electrons. The van der Waals surface area contributed by atoms with Gasteiger partial charge in [0.1, 0.15) is 18.0 Å². The van der Waals surface area contributed by atoms with Gasteiger partial charge in [-0.25, -0.2) is 9.97 Å². The molecular formula is C17H22ClN5O. The Morgan fingerprint density at radius 1 is 1.21 bits per heavy atom. The molecule has 3 rings (SSSR count). The van der Waals surface area contributed by atoms with E-state index in [2.05, 4.69) is 25.9 Å². The zero-order chi connectivity index (χ0) is 15.9. The molecule has 1 aliphatic heterocycles. The average molecular weight is 348 g/mol. The monoisotopic (exact) mass is 347 g/mol. The van der Waals surface area contributed by atoms with Crippen molar-refractivity contribution in [3.8, 4) is 0 Å². The third-order valence-corrected chi connectivity index (χ3v) is 3.90. The van der Waals surface area contributed by atoms with Crippen LogP contribution in [0.2, 0.25) is 0 Å². The van der Waals surface area contributed by atoms with E-state index >= 15 is 0 Å². The summed E-state index contributed by atoms with van der Waals surface area (Å²) < 4.78 is 0. The average Bonchev–Trinajstić information content (AvgIpc) is 2.62. The number of hydrogen-bond donors (Lipinski definition) is 3. The van der Waals surface area contributed by atoms with Crippen LogP contribution < -0.4 is 16.0 Å². The van der Waals surface area contributed by atoms with Crippen molar-refractivity contribution in [3.63, 3.8) is 0 Å². The fourth-order valence-corrected chi connectivity index (χ4v) is 2.61. The Morgan fingerprint density at radius 3 is 2.75 bits per heavy atom. The molecule has 0 bridgehead atoms. The van der Waals surface area contributed by atoms with Crippen LogP contribution in [0.3, 0.4) is 0 Å². The van der Waals surface area contributed by atoms with E-state index < -0.39 is 0 Å². The van der Waals surface area contributed by atoms with Gasteiger partial charge < -0.3 is 16.0 Å². The van der Waals surface area contributed by atoms with E-state index in [9.17, 15) is 4.79 Å². The van der Waals surface area contributed by atoms with Crippen molar-refractivity contribution in [1.82, 2.24) is 15.3 Å². The van der Waals surface area contributed by atoms with Gasteiger partial charge in [-0.05, 0) is 24.9 Å². The highest BCUT2D eigenvalue weighted by atomic mass is 35.5. The molecule has 2 aromatic rings. The summed E-state index contributed by atoms with van der Waals surface area (Å²) in [6.45, 7) is 2.40. The van der Waals surface area contributed by atoms with Gasteiger partial charge in [-0.15, -0.1) is 12.4 Å². The lowest BCUT2D eigenvalue weighted by molar-refractivity contribution is -0.120. The highest BCUT2D eigenvalue weighted by Gasteiger charge is 2.21. The first-order chi connectivity index (χ1) is 11.3. The van der Waals surface area contributed by atoms with Crippen molar-refractivity contribution in [2.24, 2.45) is 5.92 Å². The van der Waals surface area contributed by atoms with Crippen LogP contribution in [0.5, 0.6) is 0 Å². The van der Waals surface area contributed by atoms with Crippen LogP contribution in [0.25, 0.3) is 0 Å². The molecule has 1 amide bonds. The number of anilines is 2. The van der Waals surface area contributed by atoms with E-state index in [1.807, 2.05) is 30.3 Å². The van der Waals surface area contributed by atoms with Crippen LogP contribution in [-0.4, -0.2) is 29.0 Å². The van der Waals surface area contributed by atoms with Crippen LogP contribution in [0.15, 0.2) is 42.7 Å². The lowest BCUT2D eigenvalue weighted by atomic mass is 9.99. The minimum absolute atomic E-state index is 0. The number of halogens is 1. The summed E-state index contributed by atoms with van der Waals surface area (Å²) in [5.41, 5.74) is 1.17. The van der Waals surface area contributed by atoms with Gasteiger partial charge in [0.2, 0.25) is 5.91 Å². The molecule has 6 nitrogen and oxygen atoms in total. The molecule has 0 saturated carbocycles. The van der Waals surface area contributed by atoms with Crippen LogP contribution in [0, 0.1) is 5.92 Å². The van der Waals surface area contributed by atoms with Crippen LogP contribution in [0.1, 0.15) is 18.4 Å². The Hall–Kier alpha value is -2.18.